The molecular formula is C20H12N2S. The first-order valence-electron chi connectivity index (χ1n) is 7.31. The zero-order valence-electron chi connectivity index (χ0n) is 12.2. The van der Waals surface area contributed by atoms with Crippen LogP contribution >= 0.6 is 11.3 Å². The predicted molar refractivity (Wildman–Crippen MR) is 95.2 cm³/mol. The second-order valence-corrected chi connectivity index (χ2v) is 6.25. The Morgan fingerprint density at radius 2 is 1.48 bits per heavy atom. The van der Waals surface area contributed by atoms with Crippen LogP contribution in [0.2, 0.25) is 0 Å². The Bertz CT molecular complexity index is 990. The van der Waals surface area contributed by atoms with Gasteiger partial charge in [-0.05, 0) is 29.3 Å². The second-order valence-electron chi connectivity index (χ2n) is 5.22. The van der Waals surface area contributed by atoms with Gasteiger partial charge in [0.05, 0.1) is 21.8 Å². The monoisotopic (exact) mass is 312 g/mol. The summed E-state index contributed by atoms with van der Waals surface area (Å²) in [6.07, 6.45) is 0. The third-order valence-electron chi connectivity index (χ3n) is 3.78. The van der Waals surface area contributed by atoms with Crippen molar-refractivity contribution in [2.24, 2.45) is 0 Å². The fourth-order valence-electron chi connectivity index (χ4n) is 2.62. The molecule has 0 spiro atoms. The van der Waals surface area contributed by atoms with E-state index in [4.69, 9.17) is 0 Å². The fraction of sp³-hybridized carbons (Fsp3) is 0. The highest BCUT2D eigenvalue weighted by molar-refractivity contribution is 7.21. The normalized spacial score (nSPS) is 10.6. The molecule has 108 valence electrons. The third kappa shape index (κ3) is 2.50. The summed E-state index contributed by atoms with van der Waals surface area (Å²) in [5.41, 5.74) is 4.84. The van der Waals surface area contributed by atoms with Gasteiger partial charge in [-0.1, -0.05) is 54.6 Å². The molecule has 1 aromatic heterocycles. The highest BCUT2D eigenvalue weighted by atomic mass is 32.1. The number of para-hydroxylation sites is 1. The Morgan fingerprint density at radius 1 is 0.783 bits per heavy atom. The van der Waals surface area contributed by atoms with Crippen LogP contribution in [0.5, 0.6) is 0 Å². The molecule has 0 saturated carbocycles. The Hall–Kier alpha value is -2.96. The molecular weight excluding hydrogens is 300 g/mol. The molecule has 4 rings (SSSR count). The Balaban J connectivity index is 1.75. The van der Waals surface area contributed by atoms with Crippen molar-refractivity contribution in [1.82, 2.24) is 4.98 Å². The molecule has 3 heteroatoms. The van der Waals surface area contributed by atoms with Crippen LogP contribution < -0.4 is 0 Å². The first-order chi connectivity index (χ1) is 11.3. The van der Waals surface area contributed by atoms with E-state index in [9.17, 15) is 5.26 Å². The van der Waals surface area contributed by atoms with Gasteiger partial charge in [0.15, 0.2) is 0 Å². The van der Waals surface area contributed by atoms with Crippen LogP contribution in [0.4, 0.5) is 0 Å². The summed E-state index contributed by atoms with van der Waals surface area (Å²) < 4.78 is 1.20. The smallest absolute Gasteiger partial charge is 0.124 e. The van der Waals surface area contributed by atoms with E-state index in [1.165, 1.54) is 4.70 Å². The Labute approximate surface area is 138 Å². The van der Waals surface area contributed by atoms with Crippen LogP contribution in [0.1, 0.15) is 5.56 Å². The summed E-state index contributed by atoms with van der Waals surface area (Å²) in [6, 6.07) is 26.3. The lowest BCUT2D eigenvalue weighted by atomic mass is 9.99. The van der Waals surface area contributed by atoms with Gasteiger partial charge in [0.1, 0.15) is 5.01 Å². The minimum Gasteiger partial charge on any atom is -0.236 e. The molecule has 2 nitrogen and oxygen atoms in total. The first kappa shape index (κ1) is 13.7. The molecule has 0 saturated heterocycles. The number of hydrogen-bond donors (Lipinski definition) is 0. The molecule has 1 heterocycles. The van der Waals surface area contributed by atoms with E-state index >= 15 is 0 Å². The minimum atomic E-state index is 0.695. The lowest BCUT2D eigenvalue weighted by molar-refractivity contribution is 1.46. The molecule has 4 aromatic rings. The molecule has 0 aliphatic carbocycles. The highest BCUT2D eigenvalue weighted by Crippen LogP contribution is 2.32. The number of aromatic nitrogens is 1. The van der Waals surface area contributed by atoms with Crippen molar-refractivity contribution >= 4 is 21.6 Å². The SMILES string of the molecule is N#Cc1ccccc1-c1ccc(-c2nc3ccccc3s2)cc1. The van der Waals surface area contributed by atoms with E-state index in [1.807, 2.05) is 42.5 Å². The van der Waals surface area contributed by atoms with E-state index in [2.05, 4.69) is 41.4 Å². The molecule has 0 bridgehead atoms. The number of nitrogens with zero attached hydrogens (tertiary/aromatic N) is 2. The molecule has 0 amide bonds. The quantitative estimate of drug-likeness (QED) is 0.490. The Morgan fingerprint density at radius 3 is 2.26 bits per heavy atom. The molecule has 3 aromatic carbocycles. The second kappa shape index (κ2) is 5.68. The van der Waals surface area contributed by atoms with Crippen molar-refractivity contribution in [1.29, 1.82) is 5.26 Å². The van der Waals surface area contributed by atoms with Crippen LogP contribution in [-0.2, 0) is 0 Å². The minimum absolute atomic E-state index is 0.695. The van der Waals surface area contributed by atoms with Gasteiger partial charge in [0.2, 0.25) is 0 Å². The van der Waals surface area contributed by atoms with Crippen molar-refractivity contribution in [2.45, 2.75) is 0 Å². The van der Waals surface area contributed by atoms with E-state index in [0.717, 1.165) is 27.2 Å². The summed E-state index contributed by atoms with van der Waals surface area (Å²) >= 11 is 1.70. The van der Waals surface area contributed by atoms with Crippen LogP contribution in [-0.4, -0.2) is 4.98 Å². The summed E-state index contributed by atoms with van der Waals surface area (Å²) in [6.45, 7) is 0. The highest BCUT2D eigenvalue weighted by Gasteiger charge is 2.07. The van der Waals surface area contributed by atoms with Crippen molar-refractivity contribution in [3.8, 4) is 27.8 Å². The van der Waals surface area contributed by atoms with Gasteiger partial charge in [-0.25, -0.2) is 4.98 Å². The van der Waals surface area contributed by atoms with Gasteiger partial charge in [0.25, 0.3) is 0 Å². The number of hydrogen-bond acceptors (Lipinski definition) is 3. The first-order valence-corrected chi connectivity index (χ1v) is 8.12. The molecule has 0 aliphatic rings. The summed E-state index contributed by atoms with van der Waals surface area (Å²) in [4.78, 5) is 4.69. The molecule has 0 fully saturated rings. The standard InChI is InChI=1S/C20H12N2S/c21-13-16-5-1-2-6-17(16)14-9-11-15(12-10-14)20-22-18-7-3-4-8-19(18)23-20/h1-12H. The summed E-state index contributed by atoms with van der Waals surface area (Å²) in [7, 11) is 0. The Kier molecular flexibility index (Phi) is 3.38. The predicted octanol–water partition coefficient (Wildman–Crippen LogP) is 5.50. The zero-order chi connectivity index (χ0) is 15.6. The molecule has 0 N–H and O–H groups in total. The maximum absolute atomic E-state index is 9.23. The van der Waals surface area contributed by atoms with Crippen LogP contribution in [0, 0.1) is 11.3 Å². The summed E-state index contributed by atoms with van der Waals surface area (Å²) in [5, 5.41) is 10.3. The summed E-state index contributed by atoms with van der Waals surface area (Å²) in [5.74, 6) is 0. The average Bonchev–Trinajstić information content (AvgIpc) is 3.06. The number of benzene rings is 3. The van der Waals surface area contributed by atoms with Crippen molar-refractivity contribution in [3.63, 3.8) is 0 Å². The third-order valence-corrected chi connectivity index (χ3v) is 4.87. The van der Waals surface area contributed by atoms with Gasteiger partial charge in [-0.2, -0.15) is 5.26 Å². The van der Waals surface area contributed by atoms with E-state index in [1.54, 1.807) is 11.3 Å². The maximum Gasteiger partial charge on any atom is 0.124 e. The molecule has 0 atom stereocenters. The van der Waals surface area contributed by atoms with Crippen LogP contribution in [0.3, 0.4) is 0 Å². The molecule has 23 heavy (non-hydrogen) atoms. The number of fused-ring (bicyclic) bond motifs is 1. The van der Waals surface area contributed by atoms with Crippen molar-refractivity contribution < 1.29 is 0 Å². The van der Waals surface area contributed by atoms with E-state index in [0.29, 0.717) is 5.56 Å². The zero-order valence-corrected chi connectivity index (χ0v) is 13.0. The van der Waals surface area contributed by atoms with Gasteiger partial charge < -0.3 is 0 Å². The van der Waals surface area contributed by atoms with Crippen LogP contribution in [0.25, 0.3) is 31.9 Å². The van der Waals surface area contributed by atoms with E-state index < -0.39 is 0 Å². The van der Waals surface area contributed by atoms with E-state index in [-0.39, 0.29) is 0 Å². The van der Waals surface area contributed by atoms with Gasteiger partial charge in [0, 0.05) is 5.56 Å². The number of thiazole rings is 1. The topological polar surface area (TPSA) is 36.7 Å². The number of rotatable bonds is 2. The van der Waals surface area contributed by atoms with Gasteiger partial charge >= 0.3 is 0 Å². The number of nitriles is 1. The van der Waals surface area contributed by atoms with Crippen LogP contribution in [0.15, 0.2) is 72.8 Å². The molecule has 0 unspecified atom stereocenters. The van der Waals surface area contributed by atoms with Gasteiger partial charge in [-0.3, -0.25) is 0 Å². The average molecular weight is 312 g/mol. The largest absolute Gasteiger partial charge is 0.236 e. The fourth-order valence-corrected chi connectivity index (χ4v) is 3.59. The molecule has 0 aliphatic heterocycles. The van der Waals surface area contributed by atoms with Crippen molar-refractivity contribution in [3.05, 3.63) is 78.4 Å². The maximum atomic E-state index is 9.23. The molecule has 0 radical (unpaired) electrons. The lowest BCUT2D eigenvalue weighted by Crippen LogP contribution is -1.84. The lowest BCUT2D eigenvalue weighted by Gasteiger charge is -2.04. The van der Waals surface area contributed by atoms with Crippen molar-refractivity contribution in [2.75, 3.05) is 0 Å². The van der Waals surface area contributed by atoms with Gasteiger partial charge in [-0.15, -0.1) is 11.3 Å².